The summed E-state index contributed by atoms with van der Waals surface area (Å²) >= 11 is 1.75. The van der Waals surface area contributed by atoms with E-state index in [1.807, 2.05) is 14.7 Å². The first-order chi connectivity index (χ1) is 18.4. The number of aliphatic hydroxyl groups excluding tert-OH is 1. The fourth-order valence-electron chi connectivity index (χ4n) is 6.80. The lowest BCUT2D eigenvalue weighted by Crippen LogP contribution is -2.55. The zero-order valence-electron chi connectivity index (χ0n) is 23.6. The minimum absolute atomic E-state index is 0.0132. The Morgan fingerprint density at radius 3 is 2.32 bits per heavy atom. The smallest absolute Gasteiger partial charge is 0.247 e. The van der Waals surface area contributed by atoms with Crippen molar-refractivity contribution in [2.24, 2.45) is 11.8 Å². The zero-order valence-corrected chi connectivity index (χ0v) is 24.4. The Hall–Kier alpha value is -1.80. The lowest BCUT2D eigenvalue weighted by Gasteiger charge is -2.37. The summed E-state index contributed by atoms with van der Waals surface area (Å²) in [7, 11) is 0. The lowest BCUT2D eigenvalue weighted by atomic mass is 9.70. The molecule has 2 bridgehead atoms. The molecule has 1 spiro atoms. The van der Waals surface area contributed by atoms with E-state index in [0.29, 0.717) is 32.7 Å². The van der Waals surface area contributed by atoms with Crippen LogP contribution >= 0.6 is 11.8 Å². The van der Waals surface area contributed by atoms with Crippen molar-refractivity contribution in [3.05, 3.63) is 25.3 Å². The standard InChI is InChI=1S/C30H49N3O4S/c1-5-9-12-20-32(19-8-4)29(37)26-30-16-15-23(38-30)24(27(35)31(17-6-2)18-7-3)25(30)28(36)33(26)21-13-10-11-14-22-34/h6,8,23-26,34H,2,4-5,7,9-22H2,1,3H3/t23-,24+,25+,26?,30?/m1/s1. The van der Waals surface area contributed by atoms with E-state index < -0.39 is 16.7 Å². The van der Waals surface area contributed by atoms with E-state index in [2.05, 4.69) is 27.0 Å². The second kappa shape index (κ2) is 14.5. The second-order valence-electron chi connectivity index (χ2n) is 11.1. The number of hydrogen-bond donors (Lipinski definition) is 1. The van der Waals surface area contributed by atoms with Crippen LogP contribution in [0.15, 0.2) is 25.3 Å². The normalized spacial score (nSPS) is 27.4. The molecule has 0 saturated carbocycles. The molecule has 8 heteroatoms. The van der Waals surface area contributed by atoms with Gasteiger partial charge in [-0.3, -0.25) is 14.4 Å². The van der Waals surface area contributed by atoms with E-state index in [9.17, 15) is 14.4 Å². The monoisotopic (exact) mass is 547 g/mol. The molecule has 3 rings (SSSR count). The third-order valence-electron chi connectivity index (χ3n) is 8.47. The van der Waals surface area contributed by atoms with Crippen LogP contribution in [0.5, 0.6) is 0 Å². The van der Waals surface area contributed by atoms with Gasteiger partial charge in [0.15, 0.2) is 0 Å². The van der Waals surface area contributed by atoms with Crippen LogP contribution in [-0.2, 0) is 14.4 Å². The van der Waals surface area contributed by atoms with Crippen molar-refractivity contribution < 1.29 is 19.5 Å². The SMILES string of the molecule is C=CCN(CCCCC)C(=O)C1N(CCCCCCO)C(=O)[C@@H]2[C@@H](C(=O)N(CC=C)CCC)[C@H]3CCC12S3. The maximum Gasteiger partial charge on any atom is 0.247 e. The number of thioether (sulfide) groups is 1. The largest absolute Gasteiger partial charge is 0.396 e. The summed E-state index contributed by atoms with van der Waals surface area (Å²) in [5.41, 5.74) is 0. The third-order valence-corrected chi connectivity index (χ3v) is 10.4. The molecule has 3 amide bonds. The zero-order chi connectivity index (χ0) is 27.7. The highest BCUT2D eigenvalue weighted by Gasteiger charge is 2.73. The van der Waals surface area contributed by atoms with E-state index in [1.54, 1.807) is 23.9 Å². The van der Waals surface area contributed by atoms with Gasteiger partial charge in [0.05, 0.1) is 16.6 Å². The first-order valence-electron chi connectivity index (χ1n) is 14.8. The predicted molar refractivity (Wildman–Crippen MR) is 155 cm³/mol. The van der Waals surface area contributed by atoms with Gasteiger partial charge in [-0.25, -0.2) is 0 Å². The van der Waals surface area contributed by atoms with Gasteiger partial charge in [-0.2, -0.15) is 0 Å². The van der Waals surface area contributed by atoms with E-state index in [0.717, 1.165) is 64.2 Å². The summed E-state index contributed by atoms with van der Waals surface area (Å²) < 4.78 is -0.541. The molecule has 3 aliphatic heterocycles. The molecular weight excluding hydrogens is 498 g/mol. The summed E-state index contributed by atoms with van der Waals surface area (Å²) in [6.45, 7) is 14.9. The van der Waals surface area contributed by atoms with Crippen molar-refractivity contribution in [1.29, 1.82) is 0 Å². The Balaban J connectivity index is 1.93. The number of nitrogens with zero attached hydrogens (tertiary/aromatic N) is 3. The number of carbonyl (C=O) groups is 3. The van der Waals surface area contributed by atoms with Crippen LogP contribution in [0, 0.1) is 11.8 Å². The van der Waals surface area contributed by atoms with Gasteiger partial charge in [-0.15, -0.1) is 24.9 Å². The van der Waals surface area contributed by atoms with Crippen molar-refractivity contribution in [3.63, 3.8) is 0 Å². The van der Waals surface area contributed by atoms with Crippen LogP contribution in [-0.4, -0.2) is 92.9 Å². The van der Waals surface area contributed by atoms with Crippen LogP contribution in [0.25, 0.3) is 0 Å². The topological polar surface area (TPSA) is 81.2 Å². The highest BCUT2D eigenvalue weighted by Crippen LogP contribution is 2.66. The van der Waals surface area contributed by atoms with Crippen LogP contribution in [0.1, 0.15) is 78.1 Å². The number of amides is 3. The van der Waals surface area contributed by atoms with Gasteiger partial charge < -0.3 is 19.8 Å². The van der Waals surface area contributed by atoms with E-state index in [-0.39, 0.29) is 35.5 Å². The molecule has 38 heavy (non-hydrogen) atoms. The molecule has 1 N–H and O–H groups in total. The summed E-state index contributed by atoms with van der Waals surface area (Å²) in [6, 6.07) is -0.536. The van der Waals surface area contributed by atoms with Crippen molar-refractivity contribution in [1.82, 2.24) is 14.7 Å². The average molecular weight is 548 g/mol. The fourth-order valence-corrected chi connectivity index (χ4v) is 9.01. The number of aliphatic hydroxyl groups is 1. The minimum atomic E-state index is -0.541. The van der Waals surface area contributed by atoms with Crippen LogP contribution in [0.2, 0.25) is 0 Å². The van der Waals surface area contributed by atoms with E-state index in [1.165, 1.54) is 0 Å². The highest BCUT2D eigenvalue weighted by atomic mass is 32.2. The van der Waals surface area contributed by atoms with Crippen molar-refractivity contribution in [3.8, 4) is 0 Å². The average Bonchev–Trinajstić information content (AvgIpc) is 3.55. The molecule has 3 fully saturated rings. The quantitative estimate of drug-likeness (QED) is 0.205. The number of unbranched alkanes of at least 4 members (excludes halogenated alkanes) is 5. The first-order valence-corrected chi connectivity index (χ1v) is 15.7. The Morgan fingerprint density at radius 2 is 1.68 bits per heavy atom. The molecule has 3 heterocycles. The Morgan fingerprint density at radius 1 is 1.00 bits per heavy atom. The van der Waals surface area contributed by atoms with E-state index in [4.69, 9.17) is 5.11 Å². The summed E-state index contributed by atoms with van der Waals surface area (Å²) in [6.07, 6.45) is 12.4. The summed E-state index contributed by atoms with van der Waals surface area (Å²) in [5.74, 6) is -0.775. The molecule has 5 atom stereocenters. The third kappa shape index (κ3) is 6.16. The second-order valence-corrected chi connectivity index (χ2v) is 12.7. The Labute approximate surface area is 234 Å². The summed E-state index contributed by atoms with van der Waals surface area (Å²) in [5, 5.41) is 9.23. The molecule has 0 aromatic rings. The van der Waals surface area contributed by atoms with Crippen molar-refractivity contribution in [2.45, 2.75) is 94.1 Å². The number of likely N-dealkylation sites (tertiary alicyclic amines) is 1. The van der Waals surface area contributed by atoms with Gasteiger partial charge in [0.1, 0.15) is 6.04 Å². The Kier molecular flexibility index (Phi) is 11.8. The van der Waals surface area contributed by atoms with E-state index >= 15 is 0 Å². The lowest BCUT2D eigenvalue weighted by molar-refractivity contribution is -0.144. The fraction of sp³-hybridized carbons (Fsp3) is 0.767. The molecule has 0 aromatic heterocycles. The molecule has 2 unspecified atom stereocenters. The van der Waals surface area contributed by atoms with Gasteiger partial charge in [0, 0.05) is 44.6 Å². The number of rotatable bonds is 18. The molecule has 214 valence electrons. The van der Waals surface area contributed by atoms with Gasteiger partial charge in [-0.05, 0) is 38.5 Å². The first kappa shape index (κ1) is 30.7. The van der Waals surface area contributed by atoms with Crippen LogP contribution in [0.3, 0.4) is 0 Å². The molecular formula is C30H49N3O4S. The molecule has 3 aliphatic rings. The highest BCUT2D eigenvalue weighted by molar-refractivity contribution is 8.02. The van der Waals surface area contributed by atoms with Gasteiger partial charge in [0.2, 0.25) is 17.7 Å². The van der Waals surface area contributed by atoms with Crippen molar-refractivity contribution >= 4 is 29.5 Å². The van der Waals surface area contributed by atoms with Crippen LogP contribution in [0.4, 0.5) is 0 Å². The maximum atomic E-state index is 14.3. The summed E-state index contributed by atoms with van der Waals surface area (Å²) in [4.78, 5) is 48.0. The molecule has 0 radical (unpaired) electrons. The number of carbonyl (C=O) groups excluding carboxylic acids is 3. The Bertz CT molecular complexity index is 851. The van der Waals surface area contributed by atoms with Gasteiger partial charge >= 0.3 is 0 Å². The minimum Gasteiger partial charge on any atom is -0.396 e. The molecule has 0 aromatic carbocycles. The van der Waals surface area contributed by atoms with Crippen molar-refractivity contribution in [2.75, 3.05) is 39.3 Å². The number of hydrogen-bond acceptors (Lipinski definition) is 5. The molecule has 0 aliphatic carbocycles. The van der Waals surface area contributed by atoms with Crippen LogP contribution < -0.4 is 0 Å². The molecule has 7 nitrogen and oxygen atoms in total. The van der Waals surface area contributed by atoms with Gasteiger partial charge in [0.25, 0.3) is 0 Å². The number of fused-ring (bicyclic) bond motifs is 1. The predicted octanol–water partition coefficient (Wildman–Crippen LogP) is 4.26. The van der Waals surface area contributed by atoms with Gasteiger partial charge in [-0.1, -0.05) is 51.7 Å². The molecule has 3 saturated heterocycles. The maximum absolute atomic E-state index is 14.3.